The molecule has 73 heavy (non-hydrogen) atoms. The van der Waals surface area contributed by atoms with Gasteiger partial charge in [-0.25, -0.2) is 26.3 Å². The first-order valence-electron chi connectivity index (χ1n) is 25.8. The van der Waals surface area contributed by atoms with Gasteiger partial charge in [0, 0.05) is 103 Å². The third-order valence-corrected chi connectivity index (χ3v) is 17.0. The summed E-state index contributed by atoms with van der Waals surface area (Å²) in [4.78, 5) is 32.0. The maximum Gasteiger partial charge on any atom is 0.194 e. The predicted molar refractivity (Wildman–Crippen MR) is 284 cm³/mol. The summed E-state index contributed by atoms with van der Waals surface area (Å²) in [5.41, 5.74) is 6.26. The number of rotatable bonds is 19. The summed E-state index contributed by atoms with van der Waals surface area (Å²) in [7, 11) is 0. The molecule has 2 aromatic carbocycles. The standard InChI is InChI=1S/C28H32ClF3N4.C28H33ClF3N3OS/c1-17-12-21(9-11-33-17)36-15-18-5-6-19(16-36)24(18)13-20-14-26(35-34-20)22(4-2-3-10-29)23-7-8-25(30)28(32)27(23)31;1-17-13-20(10-12-33-17)35-15-18-6-7-19(16-35)28(18)34-25(37-2)14-24(36)21(5-3-4-11-29)22-8-9-23(30)27(32)26(22)31/h7-9,11-12,18-19,22,24H,2-6,10,13-16H2,1H3;8-10,12-13,18-19,21,28H,3-7,11,14-16H2,1-2H3/t18-,19+,22?,24?;18-,19+,21?,28?. The Hall–Kier alpha value is -4.47. The molecule has 8 nitrogen and oxygen atoms in total. The number of aromatic nitrogens is 2. The van der Waals surface area contributed by atoms with E-state index in [2.05, 4.69) is 48.2 Å². The van der Waals surface area contributed by atoms with Gasteiger partial charge in [-0.15, -0.1) is 35.0 Å². The van der Waals surface area contributed by atoms with E-state index < -0.39 is 46.7 Å². The third-order valence-electron chi connectivity index (χ3n) is 15.8. The van der Waals surface area contributed by atoms with E-state index >= 15 is 0 Å². The number of carbonyl (C=O) groups is 1. The van der Waals surface area contributed by atoms with Crippen molar-refractivity contribution in [1.82, 2.24) is 9.97 Å². The minimum absolute atomic E-state index is 0.0499. The molecule has 4 unspecified atom stereocenters. The first-order chi connectivity index (χ1) is 35.3. The number of aryl methyl sites for hydroxylation is 2. The number of unbranched alkanes of at least 4 members (excludes halogenated alkanes) is 2. The van der Waals surface area contributed by atoms with Crippen LogP contribution in [0.2, 0.25) is 0 Å². The van der Waals surface area contributed by atoms with Gasteiger partial charge >= 0.3 is 0 Å². The summed E-state index contributed by atoms with van der Waals surface area (Å²) in [6.45, 7) is 7.90. The van der Waals surface area contributed by atoms with Crippen molar-refractivity contribution in [2.24, 2.45) is 44.8 Å². The lowest BCUT2D eigenvalue weighted by atomic mass is 9.79. The molecular weight excluding hydrogens is 1000 g/mol. The van der Waals surface area contributed by atoms with Crippen molar-refractivity contribution in [3.63, 3.8) is 0 Å². The summed E-state index contributed by atoms with van der Waals surface area (Å²) >= 11 is 13.1. The van der Waals surface area contributed by atoms with Gasteiger partial charge in [0.05, 0.1) is 23.2 Å². The predicted octanol–water partition coefficient (Wildman–Crippen LogP) is 14.0. The maximum atomic E-state index is 14.7. The van der Waals surface area contributed by atoms with E-state index in [9.17, 15) is 31.1 Å². The number of thioether (sulfide) groups is 1. The molecule has 0 N–H and O–H groups in total. The van der Waals surface area contributed by atoms with Gasteiger partial charge in [0.2, 0.25) is 0 Å². The lowest BCUT2D eigenvalue weighted by molar-refractivity contribution is -0.119. The molecule has 2 aromatic heterocycles. The summed E-state index contributed by atoms with van der Waals surface area (Å²) in [6.07, 6.45) is 15.4. The van der Waals surface area contributed by atoms with Crippen molar-refractivity contribution < 1.29 is 31.1 Å². The molecule has 0 spiro atoms. The summed E-state index contributed by atoms with van der Waals surface area (Å²) in [6, 6.07) is 13.0. The maximum absolute atomic E-state index is 14.7. The van der Waals surface area contributed by atoms with E-state index in [1.54, 1.807) is 0 Å². The lowest BCUT2D eigenvalue weighted by Crippen LogP contribution is -2.44. The number of benzene rings is 2. The van der Waals surface area contributed by atoms with Crippen molar-refractivity contribution in [1.29, 1.82) is 0 Å². The normalized spacial score (nSPS) is 23.2. The van der Waals surface area contributed by atoms with Gasteiger partial charge in [-0.05, 0) is 149 Å². The van der Waals surface area contributed by atoms with Crippen LogP contribution < -0.4 is 9.80 Å². The number of piperidine rings is 2. The van der Waals surface area contributed by atoms with Gasteiger partial charge in [-0.3, -0.25) is 19.8 Å². The number of nitrogens with zero attached hydrogens (tertiary/aromatic N) is 7. The average molecular weight is 1070 g/mol. The number of anilines is 2. The molecule has 0 radical (unpaired) electrons. The van der Waals surface area contributed by atoms with Crippen LogP contribution in [0.3, 0.4) is 0 Å². The van der Waals surface area contributed by atoms with Crippen LogP contribution in [0.25, 0.3) is 0 Å². The highest BCUT2D eigenvalue weighted by molar-refractivity contribution is 8.13. The van der Waals surface area contributed by atoms with Crippen molar-refractivity contribution in [2.75, 3.05) is 54.0 Å². The number of alkyl halides is 2. The molecule has 8 atom stereocenters. The fourth-order valence-electron chi connectivity index (χ4n) is 12.0. The number of hydrogen-bond donors (Lipinski definition) is 0. The molecule has 2 saturated heterocycles. The Morgan fingerprint density at radius 3 is 1.75 bits per heavy atom. The van der Waals surface area contributed by atoms with Crippen LogP contribution in [0.1, 0.15) is 118 Å². The lowest BCUT2D eigenvalue weighted by Gasteiger charge is -2.39. The number of hydrogen-bond acceptors (Lipinski definition) is 9. The van der Waals surface area contributed by atoms with Gasteiger partial charge in [0.15, 0.2) is 34.9 Å². The summed E-state index contributed by atoms with van der Waals surface area (Å²) < 4.78 is 84.5. The molecule has 5 aliphatic rings. The zero-order chi connectivity index (χ0) is 51.8. The van der Waals surface area contributed by atoms with Gasteiger partial charge in [-0.2, -0.15) is 10.2 Å². The number of pyridine rings is 2. The highest BCUT2D eigenvalue weighted by atomic mass is 35.5. The van der Waals surface area contributed by atoms with Crippen LogP contribution in [-0.2, 0) is 4.79 Å². The Kier molecular flexibility index (Phi) is 19.0. The van der Waals surface area contributed by atoms with E-state index in [4.69, 9.17) is 28.2 Å². The summed E-state index contributed by atoms with van der Waals surface area (Å²) in [5, 5.41) is 9.67. The Balaban J connectivity index is 0.000000195. The van der Waals surface area contributed by atoms with Crippen LogP contribution in [-0.4, -0.2) is 82.5 Å². The molecule has 4 fully saturated rings. The molecule has 2 aliphatic carbocycles. The van der Waals surface area contributed by atoms with Crippen molar-refractivity contribution in [2.45, 2.75) is 115 Å². The fourth-order valence-corrected chi connectivity index (χ4v) is 12.9. The van der Waals surface area contributed by atoms with Gasteiger partial charge in [-0.1, -0.05) is 25.0 Å². The van der Waals surface area contributed by atoms with E-state index in [1.807, 2.05) is 38.6 Å². The van der Waals surface area contributed by atoms with Crippen LogP contribution in [0.4, 0.5) is 37.7 Å². The van der Waals surface area contributed by atoms with Crippen LogP contribution in [0, 0.1) is 78.3 Å². The van der Waals surface area contributed by atoms with E-state index in [1.165, 1.54) is 48.1 Å². The second-order valence-electron chi connectivity index (χ2n) is 20.5. The molecule has 5 heterocycles. The quantitative estimate of drug-likeness (QED) is 0.0232. The Bertz CT molecular complexity index is 2650. The molecular formula is C56H65Cl2F6N7OS. The number of Topliss-reactive ketones (excluding diaryl/α,β-unsaturated/α-hetero) is 1. The van der Waals surface area contributed by atoms with Crippen molar-refractivity contribution in [3.8, 4) is 0 Å². The number of fused-ring (bicyclic) bond motifs is 4. The van der Waals surface area contributed by atoms with Crippen molar-refractivity contribution >= 4 is 68.6 Å². The third kappa shape index (κ3) is 13.1. The smallest absolute Gasteiger partial charge is 0.194 e. The number of halogens is 8. The molecule has 4 bridgehead atoms. The zero-order valence-corrected chi connectivity index (χ0v) is 44.1. The summed E-state index contributed by atoms with van der Waals surface area (Å²) in [5.74, 6) is -5.88. The Morgan fingerprint density at radius 2 is 1.21 bits per heavy atom. The minimum Gasteiger partial charge on any atom is -0.371 e. The number of ketones is 1. The Morgan fingerprint density at radius 1 is 0.685 bits per heavy atom. The highest BCUT2D eigenvalue weighted by Crippen LogP contribution is 2.46. The number of carbonyl (C=O) groups excluding carboxylic acids is 1. The molecule has 3 aliphatic heterocycles. The van der Waals surface area contributed by atoms with Gasteiger partial charge < -0.3 is 9.80 Å². The Labute approximate surface area is 439 Å². The monoisotopic (exact) mass is 1070 g/mol. The first-order valence-corrected chi connectivity index (χ1v) is 28.1. The van der Waals surface area contributed by atoms with Gasteiger partial charge in [0.25, 0.3) is 0 Å². The van der Waals surface area contributed by atoms with Gasteiger partial charge in [0.1, 0.15) is 5.78 Å². The molecule has 0 amide bonds. The number of aliphatic imine (C=N–C) groups is 1. The van der Waals surface area contributed by atoms with E-state index in [-0.39, 0.29) is 29.4 Å². The molecule has 17 heteroatoms. The SMILES string of the molecule is CSC(CC(=O)C(CCCCCl)c1ccc(F)c(F)c1F)=NC1[C@@H]2CC[C@H]1CN(c1ccnc(C)c1)C2.Cc1cc(N2C[C@H]3CC[C@@H](C2)C3CC2=NN=C(C(CCCCCl)c3ccc(F)c(F)c3F)C2)ccn1. The second-order valence-corrected chi connectivity index (χ2v) is 22.1. The largest absolute Gasteiger partial charge is 0.371 e. The topological polar surface area (TPSA) is 86.4 Å². The van der Waals surface area contributed by atoms with Crippen LogP contribution in [0.15, 0.2) is 76.1 Å². The zero-order valence-electron chi connectivity index (χ0n) is 41.8. The van der Waals surface area contributed by atoms with Crippen LogP contribution in [0.5, 0.6) is 0 Å². The minimum atomic E-state index is -1.54. The highest BCUT2D eigenvalue weighted by Gasteiger charge is 2.44. The first kappa shape index (κ1) is 54.8. The fraction of sp³-hybridized carbons (Fsp3) is 0.536. The molecule has 2 saturated carbocycles. The second kappa shape index (κ2) is 25.4. The van der Waals surface area contributed by atoms with Crippen molar-refractivity contribution in [3.05, 3.63) is 118 Å². The average Bonchev–Trinajstić information content (AvgIpc) is 4.00. The van der Waals surface area contributed by atoms with Crippen LogP contribution >= 0.6 is 35.0 Å². The van der Waals surface area contributed by atoms with E-state index in [0.29, 0.717) is 78.5 Å². The van der Waals surface area contributed by atoms with E-state index in [0.717, 1.165) is 93.2 Å². The molecule has 4 aromatic rings. The molecule has 392 valence electrons. The molecule has 9 rings (SSSR count).